The predicted molar refractivity (Wildman–Crippen MR) is 122 cm³/mol. The van der Waals surface area contributed by atoms with E-state index in [1.165, 1.54) is 12.4 Å². The lowest BCUT2D eigenvalue weighted by Crippen LogP contribution is -2.62. The van der Waals surface area contributed by atoms with E-state index in [4.69, 9.17) is 0 Å². The molecule has 37 heavy (non-hydrogen) atoms. The Morgan fingerprint density at radius 2 is 1.84 bits per heavy atom. The minimum Gasteiger partial charge on any atom is -0.355 e. The number of fused-ring (bicyclic) bond motifs is 1. The molecule has 4 heterocycles. The summed E-state index contributed by atoms with van der Waals surface area (Å²) >= 11 is 0. The SMILES string of the molecule is CN(C)C1(C(=O)N(C=O)c2ccc(C(F)(F)F)nc2)CCN(c2cnc3cnn(CC(F)F)c3n2)CC1. The summed E-state index contributed by atoms with van der Waals surface area (Å²) < 4.78 is 65.4. The molecule has 1 aliphatic rings. The molecule has 0 radical (unpaired) electrons. The summed E-state index contributed by atoms with van der Waals surface area (Å²) in [6.07, 6.45) is -2.85. The molecule has 1 fully saturated rings. The van der Waals surface area contributed by atoms with Crippen molar-refractivity contribution in [2.75, 3.05) is 37.0 Å². The second-order valence-electron chi connectivity index (χ2n) is 8.75. The molecule has 0 aliphatic carbocycles. The van der Waals surface area contributed by atoms with Gasteiger partial charge in [0.15, 0.2) is 5.65 Å². The van der Waals surface area contributed by atoms with Gasteiger partial charge in [-0.3, -0.25) is 14.5 Å². The fraction of sp³-hybridized carbons (Fsp3) is 0.455. The highest BCUT2D eigenvalue weighted by molar-refractivity contribution is 6.11. The van der Waals surface area contributed by atoms with Crippen molar-refractivity contribution in [3.05, 3.63) is 36.4 Å². The normalized spacial score (nSPS) is 16.0. The van der Waals surface area contributed by atoms with Gasteiger partial charge in [-0.1, -0.05) is 0 Å². The maximum atomic E-state index is 13.6. The van der Waals surface area contributed by atoms with E-state index in [1.54, 1.807) is 19.0 Å². The molecule has 10 nitrogen and oxygen atoms in total. The van der Waals surface area contributed by atoms with E-state index in [9.17, 15) is 31.5 Å². The Morgan fingerprint density at radius 1 is 1.14 bits per heavy atom. The third kappa shape index (κ3) is 5.08. The predicted octanol–water partition coefficient (Wildman–Crippen LogP) is 2.60. The van der Waals surface area contributed by atoms with Crippen LogP contribution in [-0.4, -0.2) is 81.1 Å². The second kappa shape index (κ2) is 9.95. The number of pyridine rings is 1. The maximum absolute atomic E-state index is 13.6. The van der Waals surface area contributed by atoms with Crippen molar-refractivity contribution in [2.45, 2.75) is 37.5 Å². The minimum absolute atomic E-state index is 0.0831. The van der Waals surface area contributed by atoms with E-state index >= 15 is 0 Å². The maximum Gasteiger partial charge on any atom is 0.433 e. The first kappa shape index (κ1) is 26.3. The highest BCUT2D eigenvalue weighted by Crippen LogP contribution is 2.33. The minimum atomic E-state index is -4.66. The Kier molecular flexibility index (Phi) is 7.08. The molecular weight excluding hydrogens is 503 g/mol. The Hall–Kier alpha value is -3.75. The number of piperidine rings is 1. The average Bonchev–Trinajstić information content (AvgIpc) is 3.25. The fourth-order valence-electron chi connectivity index (χ4n) is 4.36. The summed E-state index contributed by atoms with van der Waals surface area (Å²) in [4.78, 5) is 41.8. The molecule has 0 saturated carbocycles. The lowest BCUT2D eigenvalue weighted by atomic mass is 9.84. The van der Waals surface area contributed by atoms with Crippen molar-refractivity contribution in [3.8, 4) is 0 Å². The number of aromatic nitrogens is 5. The molecule has 0 unspecified atom stereocenters. The highest BCUT2D eigenvalue weighted by atomic mass is 19.4. The van der Waals surface area contributed by atoms with Crippen LogP contribution >= 0.6 is 0 Å². The summed E-state index contributed by atoms with van der Waals surface area (Å²) in [5, 5.41) is 3.90. The molecule has 0 N–H and O–H groups in total. The van der Waals surface area contributed by atoms with Crippen LogP contribution < -0.4 is 9.80 Å². The van der Waals surface area contributed by atoms with Gasteiger partial charge in [0.1, 0.15) is 29.1 Å². The third-order valence-electron chi connectivity index (χ3n) is 6.45. The molecule has 15 heteroatoms. The number of imide groups is 1. The second-order valence-corrected chi connectivity index (χ2v) is 8.75. The van der Waals surface area contributed by atoms with E-state index in [-0.39, 0.29) is 30.6 Å². The van der Waals surface area contributed by atoms with Crippen LogP contribution in [0.5, 0.6) is 0 Å². The molecule has 1 saturated heterocycles. The van der Waals surface area contributed by atoms with Crippen molar-refractivity contribution in [3.63, 3.8) is 0 Å². The number of hydrogen-bond acceptors (Lipinski definition) is 8. The van der Waals surface area contributed by atoms with E-state index < -0.39 is 36.3 Å². The molecule has 4 rings (SSSR count). The summed E-state index contributed by atoms with van der Waals surface area (Å²) in [5.74, 6) is -0.187. The number of nitrogens with zero attached hydrogens (tertiary/aromatic N) is 8. The van der Waals surface area contributed by atoms with E-state index in [2.05, 4.69) is 20.1 Å². The highest BCUT2D eigenvalue weighted by Gasteiger charge is 2.46. The van der Waals surface area contributed by atoms with Gasteiger partial charge < -0.3 is 4.90 Å². The van der Waals surface area contributed by atoms with Crippen molar-refractivity contribution >= 4 is 35.0 Å². The summed E-state index contributed by atoms with van der Waals surface area (Å²) in [7, 11) is 3.35. The van der Waals surface area contributed by atoms with Gasteiger partial charge in [0, 0.05) is 13.1 Å². The molecular formula is C22H23F5N8O2. The number of carbonyl (C=O) groups is 2. The zero-order valence-corrected chi connectivity index (χ0v) is 19.9. The zero-order chi connectivity index (χ0) is 27.0. The quantitative estimate of drug-likeness (QED) is 0.342. The smallest absolute Gasteiger partial charge is 0.355 e. The van der Waals surface area contributed by atoms with Crippen molar-refractivity contribution in [1.82, 2.24) is 29.6 Å². The Balaban J connectivity index is 1.55. The molecule has 0 spiro atoms. The lowest BCUT2D eigenvalue weighted by Gasteiger charge is -2.46. The first-order chi connectivity index (χ1) is 17.5. The van der Waals surface area contributed by atoms with Gasteiger partial charge in [-0.25, -0.2) is 33.3 Å². The lowest BCUT2D eigenvalue weighted by molar-refractivity contribution is -0.141. The van der Waals surface area contributed by atoms with Crippen LogP contribution in [-0.2, 0) is 22.3 Å². The summed E-state index contributed by atoms with van der Waals surface area (Å²) in [6, 6.07) is 1.73. The molecule has 0 aromatic carbocycles. The molecule has 2 amide bonds. The van der Waals surface area contributed by atoms with Crippen molar-refractivity contribution in [1.29, 1.82) is 0 Å². The van der Waals surface area contributed by atoms with Crippen LogP contribution in [0.15, 0.2) is 30.7 Å². The van der Waals surface area contributed by atoms with Gasteiger partial charge in [-0.05, 0) is 39.1 Å². The molecule has 0 bridgehead atoms. The first-order valence-electron chi connectivity index (χ1n) is 11.2. The summed E-state index contributed by atoms with van der Waals surface area (Å²) in [6.45, 7) is -0.00366. The standard InChI is InChI=1S/C22H23F5N8O2/c1-32(2)21(20(37)34(13-36)14-3-4-16(29-9-14)22(25,26)27)5-7-33(8-6-21)18-11-28-15-10-30-35(12-17(23)24)19(15)31-18/h3-4,9-11,13,17H,5-8,12H2,1-2H3. The van der Waals surface area contributed by atoms with Gasteiger partial charge in [0.05, 0.1) is 24.3 Å². The van der Waals surface area contributed by atoms with E-state index in [1.807, 2.05) is 4.90 Å². The Bertz CT molecular complexity index is 1270. The zero-order valence-electron chi connectivity index (χ0n) is 19.9. The van der Waals surface area contributed by atoms with E-state index in [0.29, 0.717) is 30.5 Å². The van der Waals surface area contributed by atoms with Gasteiger partial charge in [0.25, 0.3) is 12.3 Å². The number of hydrogen-bond donors (Lipinski definition) is 0. The Morgan fingerprint density at radius 3 is 2.38 bits per heavy atom. The number of amides is 2. The third-order valence-corrected chi connectivity index (χ3v) is 6.45. The van der Waals surface area contributed by atoms with Crippen LogP contribution in [0.3, 0.4) is 0 Å². The van der Waals surface area contributed by atoms with Gasteiger partial charge in [-0.2, -0.15) is 18.3 Å². The molecule has 198 valence electrons. The Labute approximate surface area is 207 Å². The molecule has 3 aromatic rings. The largest absolute Gasteiger partial charge is 0.433 e. The number of likely N-dealkylation sites (N-methyl/N-ethyl adjacent to an activating group) is 1. The molecule has 3 aromatic heterocycles. The first-order valence-corrected chi connectivity index (χ1v) is 11.2. The average molecular weight is 526 g/mol. The van der Waals surface area contributed by atoms with Gasteiger partial charge in [-0.15, -0.1) is 0 Å². The van der Waals surface area contributed by atoms with Crippen LogP contribution in [0.2, 0.25) is 0 Å². The van der Waals surface area contributed by atoms with Gasteiger partial charge >= 0.3 is 6.18 Å². The number of rotatable bonds is 7. The van der Waals surface area contributed by atoms with Crippen LogP contribution in [0.25, 0.3) is 11.2 Å². The number of carbonyl (C=O) groups excluding carboxylic acids is 2. The monoisotopic (exact) mass is 526 g/mol. The van der Waals surface area contributed by atoms with Crippen LogP contribution in [0.1, 0.15) is 18.5 Å². The molecule has 1 aliphatic heterocycles. The number of alkyl halides is 5. The van der Waals surface area contributed by atoms with Crippen molar-refractivity contribution < 1.29 is 31.5 Å². The number of anilines is 2. The van der Waals surface area contributed by atoms with Crippen LogP contribution in [0, 0.1) is 0 Å². The topological polar surface area (TPSA) is 100 Å². The van der Waals surface area contributed by atoms with E-state index in [0.717, 1.165) is 21.8 Å². The fourth-order valence-corrected chi connectivity index (χ4v) is 4.36. The number of halogens is 5. The van der Waals surface area contributed by atoms with Crippen LogP contribution in [0.4, 0.5) is 33.5 Å². The van der Waals surface area contributed by atoms with Crippen molar-refractivity contribution in [2.24, 2.45) is 0 Å². The summed E-state index contributed by atoms with van der Waals surface area (Å²) in [5.41, 5.74) is -1.79. The van der Waals surface area contributed by atoms with Gasteiger partial charge in [0.2, 0.25) is 6.41 Å². The molecule has 0 atom stereocenters.